The first kappa shape index (κ1) is 24.6. The average molecular weight is 524 g/mol. The summed E-state index contributed by atoms with van der Waals surface area (Å²) in [5, 5.41) is 3.16. The van der Waals surface area contributed by atoms with E-state index in [9.17, 15) is 13.2 Å². The summed E-state index contributed by atoms with van der Waals surface area (Å²) in [6, 6.07) is 6.73. The number of aliphatic imine (C=N–C) groups is 1. The van der Waals surface area contributed by atoms with Crippen LogP contribution < -0.4 is 10.0 Å². The lowest BCUT2D eigenvalue weighted by Gasteiger charge is -2.33. The number of carbonyl (C=O) groups excluding carboxylic acids is 1. The first-order valence-electron chi connectivity index (χ1n) is 8.97. The Hall–Kier alpha value is -1.40. The normalized spacial score (nSPS) is 15.7. The molecule has 0 amide bonds. The molecule has 1 aromatic rings. The van der Waals surface area contributed by atoms with Crippen molar-refractivity contribution in [3.05, 3.63) is 29.8 Å². The van der Waals surface area contributed by atoms with Crippen LogP contribution in [0, 0.1) is 12.8 Å². The Morgan fingerprint density at radius 2 is 1.82 bits per heavy atom. The molecule has 0 aliphatic carbocycles. The number of sulfonamides is 1. The molecule has 1 heterocycles. The number of ether oxygens (including phenoxy) is 1. The maximum atomic E-state index is 12.3. The van der Waals surface area contributed by atoms with Crippen LogP contribution in [0.25, 0.3) is 0 Å². The number of nitrogens with one attached hydrogen (secondary N) is 2. The second kappa shape index (κ2) is 11.6. The van der Waals surface area contributed by atoms with E-state index in [1.54, 1.807) is 31.3 Å². The molecule has 0 radical (unpaired) electrons. The first-order chi connectivity index (χ1) is 12.9. The molecule has 2 N–H and O–H groups in total. The zero-order valence-electron chi connectivity index (χ0n) is 16.5. The van der Waals surface area contributed by atoms with Gasteiger partial charge >= 0.3 is 5.97 Å². The van der Waals surface area contributed by atoms with Crippen LogP contribution >= 0.6 is 24.0 Å². The molecule has 0 saturated carbocycles. The Kier molecular flexibility index (Phi) is 10.2. The molecule has 10 heteroatoms. The number of esters is 1. The number of carbonyl (C=O) groups is 1. The lowest BCUT2D eigenvalue weighted by atomic mass is 9.97. The minimum Gasteiger partial charge on any atom is -0.469 e. The van der Waals surface area contributed by atoms with E-state index in [0.717, 1.165) is 5.56 Å². The molecule has 0 spiro atoms. The molecule has 8 nitrogen and oxygen atoms in total. The SMILES string of the molecule is CN=C(NCCNS(=O)(=O)c1ccc(C)cc1)N1CCC(C(=O)OC)CC1.I. The van der Waals surface area contributed by atoms with Crippen LogP contribution in [0.3, 0.4) is 0 Å². The minimum atomic E-state index is -3.52. The van der Waals surface area contributed by atoms with Gasteiger partial charge in [0.1, 0.15) is 0 Å². The van der Waals surface area contributed by atoms with Gasteiger partial charge in [0.2, 0.25) is 10.0 Å². The van der Waals surface area contributed by atoms with E-state index in [1.165, 1.54) is 7.11 Å². The minimum absolute atomic E-state index is 0. The number of aryl methyl sites for hydroxylation is 1. The van der Waals surface area contributed by atoms with Crippen molar-refractivity contribution in [1.82, 2.24) is 14.9 Å². The van der Waals surface area contributed by atoms with Gasteiger partial charge in [0.15, 0.2) is 5.96 Å². The molecule has 1 aliphatic heterocycles. The van der Waals surface area contributed by atoms with Gasteiger partial charge in [-0.2, -0.15) is 0 Å². The first-order valence-corrected chi connectivity index (χ1v) is 10.5. The van der Waals surface area contributed by atoms with Crippen LogP contribution in [0.4, 0.5) is 0 Å². The van der Waals surface area contributed by atoms with Crippen molar-refractivity contribution in [2.75, 3.05) is 40.3 Å². The van der Waals surface area contributed by atoms with Crippen molar-refractivity contribution in [3.8, 4) is 0 Å². The molecule has 158 valence electrons. The van der Waals surface area contributed by atoms with E-state index in [-0.39, 0.29) is 47.3 Å². The Morgan fingerprint density at radius 1 is 1.21 bits per heavy atom. The van der Waals surface area contributed by atoms with Gasteiger partial charge in [0, 0.05) is 33.2 Å². The lowest BCUT2D eigenvalue weighted by molar-refractivity contribution is -0.146. The fourth-order valence-corrected chi connectivity index (χ4v) is 4.02. The maximum Gasteiger partial charge on any atom is 0.308 e. The average Bonchev–Trinajstić information content (AvgIpc) is 2.68. The smallest absolute Gasteiger partial charge is 0.308 e. The molecule has 1 aromatic carbocycles. The van der Waals surface area contributed by atoms with Gasteiger partial charge in [-0.3, -0.25) is 9.79 Å². The van der Waals surface area contributed by atoms with E-state index in [4.69, 9.17) is 4.74 Å². The van der Waals surface area contributed by atoms with Crippen LogP contribution in [0.15, 0.2) is 34.2 Å². The van der Waals surface area contributed by atoms with Crippen LogP contribution in [0.5, 0.6) is 0 Å². The topological polar surface area (TPSA) is 100 Å². The van der Waals surface area contributed by atoms with Crippen molar-refractivity contribution < 1.29 is 17.9 Å². The highest BCUT2D eigenvalue weighted by Gasteiger charge is 2.26. The number of nitrogens with zero attached hydrogens (tertiary/aromatic N) is 2. The Balaban J connectivity index is 0.00000392. The Bertz CT molecular complexity index is 760. The molecule has 1 aliphatic rings. The fraction of sp³-hybridized carbons (Fsp3) is 0.556. The summed E-state index contributed by atoms with van der Waals surface area (Å²) in [6.07, 6.45) is 1.43. The van der Waals surface area contributed by atoms with E-state index in [0.29, 0.717) is 38.4 Å². The number of piperidine rings is 1. The number of guanidine groups is 1. The van der Waals surface area contributed by atoms with Crippen LogP contribution in [-0.2, 0) is 19.6 Å². The summed E-state index contributed by atoms with van der Waals surface area (Å²) < 4.78 is 31.9. The predicted octanol–water partition coefficient (Wildman–Crippen LogP) is 1.35. The van der Waals surface area contributed by atoms with Crippen molar-refractivity contribution in [3.63, 3.8) is 0 Å². The summed E-state index contributed by atoms with van der Waals surface area (Å²) in [5.74, 6) is 0.474. The second-order valence-electron chi connectivity index (χ2n) is 6.47. The van der Waals surface area contributed by atoms with E-state index in [2.05, 4.69) is 19.9 Å². The number of rotatable bonds is 6. The van der Waals surface area contributed by atoms with Gasteiger partial charge in [-0.1, -0.05) is 17.7 Å². The summed E-state index contributed by atoms with van der Waals surface area (Å²) in [7, 11) is -0.426. The summed E-state index contributed by atoms with van der Waals surface area (Å²) in [4.78, 5) is 18.2. The van der Waals surface area contributed by atoms with Crippen LogP contribution in [0.2, 0.25) is 0 Å². The van der Waals surface area contributed by atoms with Gasteiger partial charge in [0.05, 0.1) is 17.9 Å². The third-order valence-electron chi connectivity index (χ3n) is 4.57. The van der Waals surface area contributed by atoms with E-state index in [1.807, 2.05) is 6.92 Å². The molecule has 2 rings (SSSR count). The number of benzene rings is 1. The number of hydrogen-bond donors (Lipinski definition) is 2. The standard InChI is InChI=1S/C18H28N4O4S.HI/c1-14-4-6-16(7-5-14)27(24,25)21-11-10-20-18(19-2)22-12-8-15(9-13-22)17(23)26-3;/h4-7,15,21H,8-13H2,1-3H3,(H,19,20);1H. The fourth-order valence-electron chi connectivity index (χ4n) is 2.99. The van der Waals surface area contributed by atoms with E-state index >= 15 is 0 Å². The molecular weight excluding hydrogens is 495 g/mol. The lowest BCUT2D eigenvalue weighted by Crippen LogP contribution is -2.48. The van der Waals surface area contributed by atoms with Gasteiger partial charge in [0.25, 0.3) is 0 Å². The van der Waals surface area contributed by atoms with Gasteiger partial charge in [-0.15, -0.1) is 24.0 Å². The number of likely N-dealkylation sites (tertiary alicyclic amines) is 1. The second-order valence-corrected chi connectivity index (χ2v) is 8.24. The molecule has 0 bridgehead atoms. The molecule has 1 saturated heterocycles. The van der Waals surface area contributed by atoms with Gasteiger partial charge < -0.3 is 15.0 Å². The van der Waals surface area contributed by atoms with Crippen molar-refractivity contribution in [1.29, 1.82) is 0 Å². The molecule has 28 heavy (non-hydrogen) atoms. The highest BCUT2D eigenvalue weighted by molar-refractivity contribution is 14.0. The van der Waals surface area contributed by atoms with Crippen molar-refractivity contribution in [2.45, 2.75) is 24.7 Å². The Labute approximate surface area is 184 Å². The summed E-state index contributed by atoms with van der Waals surface area (Å²) in [5.41, 5.74) is 1.01. The largest absolute Gasteiger partial charge is 0.469 e. The summed E-state index contributed by atoms with van der Waals surface area (Å²) >= 11 is 0. The van der Waals surface area contributed by atoms with Crippen molar-refractivity contribution in [2.24, 2.45) is 10.9 Å². The monoisotopic (exact) mass is 524 g/mol. The summed E-state index contributed by atoms with van der Waals surface area (Å²) in [6.45, 7) is 3.97. The zero-order chi connectivity index (χ0) is 19.9. The van der Waals surface area contributed by atoms with Crippen LogP contribution in [0.1, 0.15) is 18.4 Å². The highest BCUT2D eigenvalue weighted by Crippen LogP contribution is 2.18. The maximum absolute atomic E-state index is 12.3. The third-order valence-corrected chi connectivity index (χ3v) is 6.05. The quantitative estimate of drug-likeness (QED) is 0.192. The molecule has 1 fully saturated rings. The number of hydrogen-bond acceptors (Lipinski definition) is 5. The third kappa shape index (κ3) is 6.89. The highest BCUT2D eigenvalue weighted by atomic mass is 127. The van der Waals surface area contributed by atoms with Gasteiger partial charge in [-0.25, -0.2) is 13.1 Å². The van der Waals surface area contributed by atoms with E-state index < -0.39 is 10.0 Å². The predicted molar refractivity (Wildman–Crippen MR) is 119 cm³/mol. The molecule has 0 aromatic heterocycles. The van der Waals surface area contributed by atoms with Crippen LogP contribution in [-0.4, -0.2) is 65.6 Å². The number of halogens is 1. The number of methoxy groups -OCH3 is 1. The molecular formula is C18H29IN4O4S. The zero-order valence-corrected chi connectivity index (χ0v) is 19.6. The molecule has 0 unspecified atom stereocenters. The van der Waals surface area contributed by atoms with Gasteiger partial charge in [-0.05, 0) is 31.9 Å². The van der Waals surface area contributed by atoms with Crippen molar-refractivity contribution >= 4 is 45.9 Å². The molecule has 0 atom stereocenters. The Morgan fingerprint density at radius 3 is 2.36 bits per heavy atom.